The third-order valence-corrected chi connectivity index (χ3v) is 6.76. The number of nitrogens with zero attached hydrogens (tertiary/aromatic N) is 5. The molecule has 1 aliphatic carbocycles. The minimum absolute atomic E-state index is 0.246. The molecule has 3 heterocycles. The molecule has 0 fully saturated rings. The molecule has 0 saturated heterocycles. The molecule has 5 rings (SSSR count). The van der Waals surface area contributed by atoms with Crippen molar-refractivity contribution in [1.82, 2.24) is 25.2 Å². The van der Waals surface area contributed by atoms with Gasteiger partial charge in [0.1, 0.15) is 5.00 Å². The summed E-state index contributed by atoms with van der Waals surface area (Å²) in [4.78, 5) is 31.4. The number of nitrogens with one attached hydrogen (secondary N) is 2. The number of hydrogen-bond donors (Lipinski definition) is 2. The largest absolute Gasteiger partial charge is 0.322 e. The normalized spacial score (nSPS) is 12.8. The summed E-state index contributed by atoms with van der Waals surface area (Å²) in [5, 5.41) is 18.1. The van der Waals surface area contributed by atoms with Crippen molar-refractivity contribution in [3.8, 4) is 11.4 Å². The predicted molar refractivity (Wildman–Crippen MR) is 125 cm³/mol. The van der Waals surface area contributed by atoms with Gasteiger partial charge in [0.15, 0.2) is 5.82 Å². The van der Waals surface area contributed by atoms with Gasteiger partial charge in [-0.3, -0.25) is 14.6 Å². The molecule has 9 nitrogen and oxygen atoms in total. The number of hydrogen-bond acceptors (Lipinski definition) is 7. The van der Waals surface area contributed by atoms with E-state index in [2.05, 4.69) is 31.1 Å². The summed E-state index contributed by atoms with van der Waals surface area (Å²) in [5.41, 5.74) is 3.43. The number of rotatable bonds is 5. The van der Waals surface area contributed by atoms with Gasteiger partial charge in [0.25, 0.3) is 11.8 Å². The van der Waals surface area contributed by atoms with E-state index >= 15 is 0 Å². The van der Waals surface area contributed by atoms with Crippen molar-refractivity contribution in [3.63, 3.8) is 0 Å². The second-order valence-electron chi connectivity index (χ2n) is 7.77. The zero-order valence-electron chi connectivity index (χ0n) is 17.9. The van der Waals surface area contributed by atoms with Crippen LogP contribution in [0, 0.1) is 0 Å². The van der Waals surface area contributed by atoms with Gasteiger partial charge in [0.05, 0.1) is 11.1 Å². The zero-order valence-corrected chi connectivity index (χ0v) is 18.7. The van der Waals surface area contributed by atoms with Gasteiger partial charge >= 0.3 is 0 Å². The average Bonchev–Trinajstić information content (AvgIpc) is 3.42. The fourth-order valence-corrected chi connectivity index (χ4v) is 5.25. The molecule has 1 aromatic carbocycles. The molecule has 10 heteroatoms. The van der Waals surface area contributed by atoms with Gasteiger partial charge in [-0.2, -0.15) is 0 Å². The number of fused-ring (bicyclic) bond motifs is 1. The quantitative estimate of drug-likeness (QED) is 0.470. The third-order valence-electron chi connectivity index (χ3n) is 5.55. The lowest BCUT2D eigenvalue weighted by molar-refractivity contribution is 0.102. The van der Waals surface area contributed by atoms with Gasteiger partial charge in [-0.25, -0.2) is 4.68 Å². The van der Waals surface area contributed by atoms with Crippen molar-refractivity contribution in [3.05, 3.63) is 70.4 Å². The van der Waals surface area contributed by atoms with Crippen LogP contribution in [0.1, 0.15) is 44.0 Å². The van der Waals surface area contributed by atoms with Crippen molar-refractivity contribution in [1.29, 1.82) is 0 Å². The van der Waals surface area contributed by atoms with E-state index in [0.717, 1.165) is 41.7 Å². The van der Waals surface area contributed by atoms with Crippen LogP contribution in [0.15, 0.2) is 48.8 Å². The standard InChI is InChI=1S/C23H21N7O2S/c1-30-20(27-28-29-30)14-6-4-8-16(12-14)25-22(32)19-17-9-2-3-10-18(17)33-23(19)26-21(31)15-7-5-11-24-13-15/h4-8,11-13H,2-3,9-10H2,1H3,(H,25,32)(H,26,31). The molecular weight excluding hydrogens is 438 g/mol. The fraction of sp³-hybridized carbons (Fsp3) is 0.217. The lowest BCUT2D eigenvalue weighted by atomic mass is 9.95. The third kappa shape index (κ3) is 4.24. The number of tetrazole rings is 1. The van der Waals surface area contributed by atoms with Crippen LogP contribution in [0.3, 0.4) is 0 Å². The van der Waals surface area contributed by atoms with Crippen LogP contribution >= 0.6 is 11.3 Å². The number of thiophene rings is 1. The minimum atomic E-state index is -0.285. The number of aromatic nitrogens is 5. The molecule has 3 aromatic heterocycles. The second kappa shape index (κ2) is 8.91. The predicted octanol–water partition coefficient (Wildman–Crippen LogP) is 3.72. The van der Waals surface area contributed by atoms with E-state index in [1.54, 1.807) is 30.1 Å². The Morgan fingerprint density at radius 1 is 1.06 bits per heavy atom. The SMILES string of the molecule is Cn1nnnc1-c1cccc(NC(=O)c2c(NC(=O)c3cccnc3)sc3c2CCCC3)c1. The monoisotopic (exact) mass is 459 g/mol. The first-order valence-corrected chi connectivity index (χ1v) is 11.4. The molecule has 0 radical (unpaired) electrons. The molecule has 0 unspecified atom stereocenters. The topological polar surface area (TPSA) is 115 Å². The summed E-state index contributed by atoms with van der Waals surface area (Å²) in [6.45, 7) is 0. The Hall–Kier alpha value is -3.92. The van der Waals surface area contributed by atoms with Crippen LogP contribution in [0.25, 0.3) is 11.4 Å². The Balaban J connectivity index is 1.45. The first kappa shape index (κ1) is 21.0. The van der Waals surface area contributed by atoms with Crippen molar-refractivity contribution in [2.24, 2.45) is 7.05 Å². The van der Waals surface area contributed by atoms with Gasteiger partial charge in [-0.15, -0.1) is 16.4 Å². The average molecular weight is 460 g/mol. The highest BCUT2D eigenvalue weighted by molar-refractivity contribution is 7.17. The van der Waals surface area contributed by atoms with E-state index in [1.807, 2.05) is 24.3 Å². The van der Waals surface area contributed by atoms with Crippen LogP contribution in [0.2, 0.25) is 0 Å². The fourth-order valence-electron chi connectivity index (χ4n) is 3.97. The number of aryl methyl sites for hydroxylation is 2. The Labute approximate surface area is 193 Å². The van der Waals surface area contributed by atoms with Crippen LogP contribution in [-0.4, -0.2) is 37.0 Å². The molecular formula is C23H21N7O2S. The highest BCUT2D eigenvalue weighted by Crippen LogP contribution is 2.39. The minimum Gasteiger partial charge on any atom is -0.322 e. The van der Waals surface area contributed by atoms with E-state index in [4.69, 9.17) is 0 Å². The van der Waals surface area contributed by atoms with E-state index < -0.39 is 0 Å². The molecule has 0 bridgehead atoms. The van der Waals surface area contributed by atoms with E-state index in [1.165, 1.54) is 17.5 Å². The maximum absolute atomic E-state index is 13.4. The highest BCUT2D eigenvalue weighted by Gasteiger charge is 2.27. The molecule has 0 aliphatic heterocycles. The molecule has 166 valence electrons. The summed E-state index contributed by atoms with van der Waals surface area (Å²) >= 11 is 1.48. The summed E-state index contributed by atoms with van der Waals surface area (Å²) in [6.07, 6.45) is 6.97. The molecule has 1 aliphatic rings. The molecule has 0 saturated carbocycles. The zero-order chi connectivity index (χ0) is 22.8. The smallest absolute Gasteiger partial charge is 0.258 e. The molecule has 0 atom stereocenters. The van der Waals surface area contributed by atoms with E-state index in [9.17, 15) is 9.59 Å². The van der Waals surface area contributed by atoms with E-state index in [0.29, 0.717) is 27.6 Å². The van der Waals surface area contributed by atoms with Crippen LogP contribution in [0.5, 0.6) is 0 Å². The Kier molecular flexibility index (Phi) is 5.66. The number of carbonyl (C=O) groups excluding carboxylic acids is 2. The molecule has 2 amide bonds. The highest BCUT2D eigenvalue weighted by atomic mass is 32.1. The van der Waals surface area contributed by atoms with Gasteiger partial charge in [-0.1, -0.05) is 12.1 Å². The Morgan fingerprint density at radius 3 is 2.73 bits per heavy atom. The van der Waals surface area contributed by atoms with Crippen molar-refractivity contribution in [2.45, 2.75) is 25.7 Å². The first-order chi connectivity index (χ1) is 16.1. The number of pyridine rings is 1. The van der Waals surface area contributed by atoms with Gasteiger partial charge < -0.3 is 10.6 Å². The Morgan fingerprint density at radius 2 is 1.94 bits per heavy atom. The molecule has 2 N–H and O–H groups in total. The van der Waals surface area contributed by atoms with Gasteiger partial charge in [0, 0.05) is 35.6 Å². The maximum atomic E-state index is 13.4. The number of anilines is 2. The van der Waals surface area contributed by atoms with Crippen LogP contribution in [-0.2, 0) is 19.9 Å². The molecule has 0 spiro atoms. The number of carbonyl (C=O) groups is 2. The lowest BCUT2D eigenvalue weighted by Crippen LogP contribution is -2.18. The van der Waals surface area contributed by atoms with E-state index in [-0.39, 0.29) is 11.8 Å². The molecule has 4 aromatic rings. The maximum Gasteiger partial charge on any atom is 0.258 e. The summed E-state index contributed by atoms with van der Waals surface area (Å²) in [7, 11) is 1.76. The molecule has 33 heavy (non-hydrogen) atoms. The first-order valence-electron chi connectivity index (χ1n) is 10.6. The van der Waals surface area contributed by atoms with Gasteiger partial charge in [-0.05, 0) is 65.9 Å². The van der Waals surface area contributed by atoms with Gasteiger partial charge in [0.2, 0.25) is 0 Å². The summed E-state index contributed by atoms with van der Waals surface area (Å²) < 4.78 is 1.57. The Bertz CT molecular complexity index is 1330. The van der Waals surface area contributed by atoms with Crippen molar-refractivity contribution < 1.29 is 9.59 Å². The number of benzene rings is 1. The second-order valence-corrected chi connectivity index (χ2v) is 8.88. The van der Waals surface area contributed by atoms with Crippen LogP contribution in [0.4, 0.5) is 10.7 Å². The van der Waals surface area contributed by atoms with Crippen molar-refractivity contribution >= 4 is 33.8 Å². The van der Waals surface area contributed by atoms with Crippen LogP contribution < -0.4 is 10.6 Å². The summed E-state index contributed by atoms with van der Waals surface area (Å²) in [5.74, 6) is 0.0695. The summed E-state index contributed by atoms with van der Waals surface area (Å²) in [6, 6.07) is 10.8. The number of amides is 2. The van der Waals surface area contributed by atoms with Crippen molar-refractivity contribution in [2.75, 3.05) is 10.6 Å². The lowest BCUT2D eigenvalue weighted by Gasteiger charge is -2.13.